The first kappa shape index (κ1) is 12.2. The molecule has 0 amide bonds. The van der Waals surface area contributed by atoms with Crippen LogP contribution in [0.5, 0.6) is 0 Å². The molecule has 0 saturated heterocycles. The van der Waals surface area contributed by atoms with Gasteiger partial charge < -0.3 is 5.11 Å². The van der Waals surface area contributed by atoms with Crippen molar-refractivity contribution in [2.45, 2.75) is 46.5 Å². The van der Waals surface area contributed by atoms with Crippen molar-refractivity contribution in [3.05, 3.63) is 12.2 Å². The van der Waals surface area contributed by atoms with Gasteiger partial charge >= 0.3 is 5.97 Å². The SMILES string of the molecule is C=C(C)CCC(CC)(CC)C(=O)O. The Hall–Kier alpha value is -0.790. The summed E-state index contributed by atoms with van der Waals surface area (Å²) in [6, 6.07) is 0. The second-order valence-electron chi connectivity index (χ2n) is 3.75. The summed E-state index contributed by atoms with van der Waals surface area (Å²) in [7, 11) is 0. The largest absolute Gasteiger partial charge is 0.481 e. The van der Waals surface area contributed by atoms with E-state index < -0.39 is 11.4 Å². The molecule has 0 saturated carbocycles. The molecule has 13 heavy (non-hydrogen) atoms. The van der Waals surface area contributed by atoms with E-state index in [0.29, 0.717) is 19.3 Å². The molecule has 2 heteroatoms. The molecule has 1 N–H and O–H groups in total. The first-order valence-corrected chi connectivity index (χ1v) is 4.86. The lowest BCUT2D eigenvalue weighted by Crippen LogP contribution is -2.29. The van der Waals surface area contributed by atoms with E-state index >= 15 is 0 Å². The molecule has 0 heterocycles. The number of hydrogen-bond acceptors (Lipinski definition) is 1. The fourth-order valence-electron chi connectivity index (χ4n) is 1.47. The number of carboxylic acid groups (broad SMARTS) is 1. The molecule has 0 aliphatic heterocycles. The number of hydrogen-bond donors (Lipinski definition) is 1. The van der Waals surface area contributed by atoms with Crippen LogP contribution in [0.1, 0.15) is 46.5 Å². The van der Waals surface area contributed by atoms with Gasteiger partial charge in [-0.2, -0.15) is 0 Å². The van der Waals surface area contributed by atoms with Gasteiger partial charge in [-0.3, -0.25) is 4.79 Å². The number of carbonyl (C=O) groups is 1. The number of allylic oxidation sites excluding steroid dienone is 1. The van der Waals surface area contributed by atoms with Crippen molar-refractivity contribution in [1.82, 2.24) is 0 Å². The van der Waals surface area contributed by atoms with Gasteiger partial charge in [0, 0.05) is 0 Å². The predicted molar refractivity (Wildman–Crippen MR) is 54.7 cm³/mol. The molecule has 0 fully saturated rings. The van der Waals surface area contributed by atoms with Gasteiger partial charge in [-0.15, -0.1) is 6.58 Å². The molecule has 76 valence electrons. The van der Waals surface area contributed by atoms with Gasteiger partial charge in [0.1, 0.15) is 0 Å². The summed E-state index contributed by atoms with van der Waals surface area (Å²) in [4.78, 5) is 11.1. The van der Waals surface area contributed by atoms with Crippen molar-refractivity contribution < 1.29 is 9.90 Å². The lowest BCUT2D eigenvalue weighted by Gasteiger charge is -2.26. The minimum Gasteiger partial charge on any atom is -0.481 e. The van der Waals surface area contributed by atoms with Crippen molar-refractivity contribution in [3.8, 4) is 0 Å². The van der Waals surface area contributed by atoms with Crippen LogP contribution in [0.4, 0.5) is 0 Å². The van der Waals surface area contributed by atoms with Gasteiger partial charge in [-0.1, -0.05) is 19.4 Å². The van der Waals surface area contributed by atoms with Crippen molar-refractivity contribution in [2.75, 3.05) is 0 Å². The highest BCUT2D eigenvalue weighted by molar-refractivity contribution is 5.74. The molecule has 0 aromatic heterocycles. The molecule has 0 aliphatic carbocycles. The van der Waals surface area contributed by atoms with E-state index in [4.69, 9.17) is 5.11 Å². The lowest BCUT2D eigenvalue weighted by atomic mass is 9.77. The summed E-state index contributed by atoms with van der Waals surface area (Å²) in [6.07, 6.45) is 2.93. The van der Waals surface area contributed by atoms with E-state index in [1.807, 2.05) is 20.8 Å². The third-order valence-corrected chi connectivity index (χ3v) is 2.84. The van der Waals surface area contributed by atoms with Crippen LogP contribution in [0.25, 0.3) is 0 Å². The van der Waals surface area contributed by atoms with E-state index in [1.165, 1.54) is 0 Å². The molecule has 0 radical (unpaired) electrons. The van der Waals surface area contributed by atoms with Crippen LogP contribution in [-0.2, 0) is 4.79 Å². The Morgan fingerprint density at radius 1 is 1.38 bits per heavy atom. The van der Waals surface area contributed by atoms with Crippen LogP contribution in [0.2, 0.25) is 0 Å². The third-order valence-electron chi connectivity index (χ3n) is 2.84. The number of rotatable bonds is 6. The normalized spacial score (nSPS) is 11.3. The van der Waals surface area contributed by atoms with E-state index in [2.05, 4.69) is 6.58 Å². The van der Waals surface area contributed by atoms with Gasteiger partial charge in [0.15, 0.2) is 0 Å². The summed E-state index contributed by atoms with van der Waals surface area (Å²) < 4.78 is 0. The Morgan fingerprint density at radius 3 is 2.08 bits per heavy atom. The Balaban J connectivity index is 4.39. The van der Waals surface area contributed by atoms with Crippen LogP contribution in [0.15, 0.2) is 12.2 Å². The van der Waals surface area contributed by atoms with Gasteiger partial charge in [0.25, 0.3) is 0 Å². The van der Waals surface area contributed by atoms with Crippen LogP contribution in [0.3, 0.4) is 0 Å². The Morgan fingerprint density at radius 2 is 1.85 bits per heavy atom. The molecule has 0 aliphatic rings. The van der Waals surface area contributed by atoms with Crippen molar-refractivity contribution >= 4 is 5.97 Å². The van der Waals surface area contributed by atoms with Gasteiger partial charge in [-0.25, -0.2) is 0 Å². The van der Waals surface area contributed by atoms with Crippen molar-refractivity contribution in [3.63, 3.8) is 0 Å². The average Bonchev–Trinajstić information content (AvgIpc) is 2.06. The molecule has 0 spiro atoms. The Kier molecular flexibility index (Phi) is 4.74. The van der Waals surface area contributed by atoms with Crippen molar-refractivity contribution in [2.24, 2.45) is 5.41 Å². The van der Waals surface area contributed by atoms with Crippen LogP contribution >= 0.6 is 0 Å². The van der Waals surface area contributed by atoms with E-state index in [-0.39, 0.29) is 0 Å². The van der Waals surface area contributed by atoms with Crippen LogP contribution < -0.4 is 0 Å². The smallest absolute Gasteiger partial charge is 0.309 e. The minimum atomic E-state index is -0.668. The fourth-order valence-corrected chi connectivity index (χ4v) is 1.47. The van der Waals surface area contributed by atoms with Crippen LogP contribution in [0, 0.1) is 5.41 Å². The van der Waals surface area contributed by atoms with Crippen LogP contribution in [-0.4, -0.2) is 11.1 Å². The Bertz CT molecular complexity index is 190. The highest BCUT2D eigenvalue weighted by Crippen LogP contribution is 2.33. The maximum Gasteiger partial charge on any atom is 0.309 e. The lowest BCUT2D eigenvalue weighted by molar-refractivity contribution is -0.149. The number of carboxylic acids is 1. The zero-order chi connectivity index (χ0) is 10.5. The fraction of sp³-hybridized carbons (Fsp3) is 0.727. The summed E-state index contributed by atoms with van der Waals surface area (Å²) in [5, 5.41) is 9.11. The first-order chi connectivity index (χ1) is 5.98. The average molecular weight is 184 g/mol. The summed E-state index contributed by atoms with van der Waals surface area (Å²) in [5.74, 6) is -0.668. The maximum absolute atomic E-state index is 11.1. The second kappa shape index (κ2) is 5.05. The number of aliphatic carboxylic acids is 1. The summed E-state index contributed by atoms with van der Waals surface area (Å²) in [6.45, 7) is 9.62. The van der Waals surface area contributed by atoms with E-state index in [1.54, 1.807) is 0 Å². The molecule has 0 bridgehead atoms. The molecule has 2 nitrogen and oxygen atoms in total. The molecule has 0 unspecified atom stereocenters. The molecular weight excluding hydrogens is 164 g/mol. The van der Waals surface area contributed by atoms with Gasteiger partial charge in [0.2, 0.25) is 0 Å². The Labute approximate surface area is 80.7 Å². The predicted octanol–water partition coefficient (Wildman–Crippen LogP) is 3.23. The molecule has 0 atom stereocenters. The highest BCUT2D eigenvalue weighted by atomic mass is 16.4. The molecule has 0 aromatic rings. The zero-order valence-corrected chi connectivity index (χ0v) is 8.89. The third kappa shape index (κ3) is 3.21. The molecule has 0 rings (SSSR count). The highest BCUT2D eigenvalue weighted by Gasteiger charge is 2.33. The second-order valence-corrected chi connectivity index (χ2v) is 3.75. The molecule has 0 aromatic carbocycles. The van der Waals surface area contributed by atoms with E-state index in [0.717, 1.165) is 12.0 Å². The standard InChI is InChI=1S/C11H20O2/c1-5-11(6-2,10(12)13)8-7-9(3)4/h3,5-8H2,1-2,4H3,(H,12,13). The minimum absolute atomic E-state index is 0.529. The van der Waals surface area contributed by atoms with Gasteiger partial charge in [0.05, 0.1) is 5.41 Å². The van der Waals surface area contributed by atoms with Crippen molar-refractivity contribution in [1.29, 1.82) is 0 Å². The summed E-state index contributed by atoms with van der Waals surface area (Å²) >= 11 is 0. The molecular formula is C11H20O2. The zero-order valence-electron chi connectivity index (χ0n) is 8.89. The topological polar surface area (TPSA) is 37.3 Å². The van der Waals surface area contributed by atoms with E-state index in [9.17, 15) is 4.79 Å². The maximum atomic E-state index is 11.1. The monoisotopic (exact) mass is 184 g/mol. The quantitative estimate of drug-likeness (QED) is 0.643. The first-order valence-electron chi connectivity index (χ1n) is 4.86. The van der Waals surface area contributed by atoms with Gasteiger partial charge in [-0.05, 0) is 32.6 Å². The summed E-state index contributed by atoms with van der Waals surface area (Å²) in [5.41, 5.74) is 0.534.